The number of benzene rings is 2. The normalized spacial score (nSPS) is 12.1. The zero-order chi connectivity index (χ0) is 26.3. The maximum Gasteiger partial charge on any atom is 0.319 e. The van der Waals surface area contributed by atoms with Crippen LogP contribution in [0.2, 0.25) is 0 Å². The molecule has 0 saturated heterocycles. The van der Waals surface area contributed by atoms with E-state index in [1.54, 1.807) is 42.6 Å². The Kier molecular flexibility index (Phi) is 8.87. The van der Waals surface area contributed by atoms with Crippen LogP contribution in [0, 0.1) is 0 Å². The summed E-state index contributed by atoms with van der Waals surface area (Å²) in [5.41, 5.74) is 3.05. The minimum absolute atomic E-state index is 0.0528. The number of amides is 1. The van der Waals surface area contributed by atoms with Crippen LogP contribution in [0.5, 0.6) is 5.75 Å². The van der Waals surface area contributed by atoms with E-state index in [4.69, 9.17) is 9.47 Å². The van der Waals surface area contributed by atoms with Crippen LogP contribution in [0.4, 0.5) is 0 Å². The molecule has 0 aliphatic carbocycles. The Hall–Kier alpha value is -3.66. The van der Waals surface area contributed by atoms with Crippen molar-refractivity contribution in [2.24, 2.45) is 0 Å². The predicted octanol–water partition coefficient (Wildman–Crippen LogP) is 3.50. The lowest BCUT2D eigenvalue weighted by atomic mass is 9.96. The highest BCUT2D eigenvalue weighted by atomic mass is 32.2. The van der Waals surface area contributed by atoms with Gasteiger partial charge in [-0.25, -0.2) is 18.1 Å². The molecule has 0 radical (unpaired) electrons. The van der Waals surface area contributed by atoms with Crippen LogP contribution in [0.25, 0.3) is 0 Å². The molecule has 0 aliphatic rings. The van der Waals surface area contributed by atoms with Gasteiger partial charge in [0.15, 0.2) is 0 Å². The van der Waals surface area contributed by atoms with Crippen molar-refractivity contribution in [3.8, 4) is 5.75 Å². The van der Waals surface area contributed by atoms with Gasteiger partial charge in [-0.05, 0) is 42.2 Å². The summed E-state index contributed by atoms with van der Waals surface area (Å²) in [7, 11) is -2.36. The number of methoxy groups -OCH3 is 1. The fourth-order valence-electron chi connectivity index (χ4n) is 3.77. The molecule has 1 amide bonds. The van der Waals surface area contributed by atoms with E-state index in [1.807, 2.05) is 17.7 Å². The van der Waals surface area contributed by atoms with Crippen molar-refractivity contribution in [2.45, 2.75) is 45.6 Å². The monoisotopic (exact) mass is 513 g/mol. The largest absolute Gasteiger partial charge is 0.489 e. The average molecular weight is 514 g/mol. The van der Waals surface area contributed by atoms with Gasteiger partial charge in [0.1, 0.15) is 24.1 Å². The van der Waals surface area contributed by atoms with Gasteiger partial charge in [-0.3, -0.25) is 9.59 Å². The minimum Gasteiger partial charge on any atom is -0.489 e. The number of hydrogen-bond acceptors (Lipinski definition) is 7. The predicted molar refractivity (Wildman–Crippen MR) is 135 cm³/mol. The molecule has 0 spiro atoms. The quantitative estimate of drug-likeness (QED) is 0.376. The molecule has 36 heavy (non-hydrogen) atoms. The van der Waals surface area contributed by atoms with Gasteiger partial charge in [0.25, 0.3) is 5.91 Å². The maximum atomic E-state index is 12.6. The number of aromatic nitrogens is 2. The van der Waals surface area contributed by atoms with Crippen molar-refractivity contribution in [1.29, 1.82) is 0 Å². The van der Waals surface area contributed by atoms with Crippen LogP contribution in [-0.4, -0.2) is 43.6 Å². The Morgan fingerprint density at radius 3 is 2.44 bits per heavy atom. The van der Waals surface area contributed by atoms with Gasteiger partial charge in [0.2, 0.25) is 10.0 Å². The number of carbonyl (C=O) groups excluding carboxylic acids is 2. The van der Waals surface area contributed by atoms with Crippen molar-refractivity contribution in [2.75, 3.05) is 13.4 Å². The molecule has 1 aromatic heterocycles. The summed E-state index contributed by atoms with van der Waals surface area (Å²) in [4.78, 5) is 32.7. The van der Waals surface area contributed by atoms with Crippen LogP contribution >= 0.6 is 0 Å². The molecule has 9 nitrogen and oxygen atoms in total. The number of rotatable bonds is 11. The summed E-state index contributed by atoms with van der Waals surface area (Å²) >= 11 is 0. The Bertz CT molecular complexity index is 1320. The molecule has 1 atom stereocenters. The van der Waals surface area contributed by atoms with Gasteiger partial charge in [-0.2, -0.15) is 0 Å². The molecule has 0 bridgehead atoms. The second-order valence-corrected chi connectivity index (χ2v) is 10.1. The van der Waals surface area contributed by atoms with E-state index in [0.29, 0.717) is 29.0 Å². The van der Waals surface area contributed by atoms with E-state index >= 15 is 0 Å². The van der Waals surface area contributed by atoms with E-state index in [-0.39, 0.29) is 12.2 Å². The second-order valence-electron chi connectivity index (χ2n) is 8.40. The summed E-state index contributed by atoms with van der Waals surface area (Å²) < 4.78 is 36.0. The fraction of sp³-hybridized carbons (Fsp3) is 0.346. The molecular weight excluding hydrogens is 482 g/mol. The number of aromatic amines is 1. The number of aryl methyl sites for hydroxylation is 2. The van der Waals surface area contributed by atoms with Crippen LogP contribution in [-0.2, 0) is 39.0 Å². The van der Waals surface area contributed by atoms with Crippen molar-refractivity contribution in [3.63, 3.8) is 0 Å². The molecule has 192 valence electrons. The van der Waals surface area contributed by atoms with Gasteiger partial charge in [0.05, 0.1) is 19.1 Å². The van der Waals surface area contributed by atoms with Gasteiger partial charge in [-0.1, -0.05) is 38.1 Å². The van der Waals surface area contributed by atoms with Crippen molar-refractivity contribution >= 4 is 21.9 Å². The van der Waals surface area contributed by atoms with E-state index in [1.165, 1.54) is 7.11 Å². The third kappa shape index (κ3) is 6.94. The molecule has 1 heterocycles. The van der Waals surface area contributed by atoms with E-state index in [2.05, 4.69) is 16.9 Å². The smallest absolute Gasteiger partial charge is 0.319 e. The molecule has 10 heteroatoms. The Labute approximate surface area is 211 Å². The molecule has 1 unspecified atom stereocenters. The number of nitrogens with zero attached hydrogens (tertiary/aromatic N) is 1. The van der Waals surface area contributed by atoms with Gasteiger partial charge in [0, 0.05) is 23.7 Å². The molecule has 0 saturated carbocycles. The molecule has 2 N–H and O–H groups in total. The van der Waals surface area contributed by atoms with Gasteiger partial charge >= 0.3 is 5.97 Å². The number of imidazole rings is 1. The number of hydrogen-bond donors (Lipinski definition) is 2. The standard InChI is InChI=1S/C26H31N3O6S/c1-5-7-23-27-15-22(28-23)24(26(31)34-3)18-10-12-20(13-11-18)35-16-19-9-8-17(6-2)14-21(19)25(30)29-36(4,32)33/h8-15,24H,5-7,16H2,1-4H3,(H,27,28)(H,29,30). The Balaban J connectivity index is 1.79. The SMILES string of the molecule is CCCc1ncc(C(C(=O)OC)c2ccc(OCc3ccc(CC)cc3C(=O)NS(C)(=O)=O)cc2)[nH]1. The van der Waals surface area contributed by atoms with E-state index in [0.717, 1.165) is 30.5 Å². The highest BCUT2D eigenvalue weighted by Gasteiger charge is 2.26. The molecule has 0 fully saturated rings. The first kappa shape index (κ1) is 26.9. The number of sulfonamides is 1. The van der Waals surface area contributed by atoms with Crippen LogP contribution in [0.1, 0.15) is 64.8 Å². The van der Waals surface area contributed by atoms with E-state index in [9.17, 15) is 18.0 Å². The second kappa shape index (κ2) is 11.9. The number of carbonyl (C=O) groups is 2. The number of H-pyrrole nitrogens is 1. The number of esters is 1. The average Bonchev–Trinajstić information content (AvgIpc) is 3.30. The first-order valence-corrected chi connectivity index (χ1v) is 13.5. The summed E-state index contributed by atoms with van der Waals surface area (Å²) in [5.74, 6) is -0.438. The summed E-state index contributed by atoms with van der Waals surface area (Å²) in [5, 5.41) is 0. The molecule has 3 rings (SSSR count). The van der Waals surface area contributed by atoms with Crippen molar-refractivity contribution in [3.05, 3.63) is 82.4 Å². The number of ether oxygens (including phenoxy) is 2. The molecule has 2 aromatic carbocycles. The zero-order valence-corrected chi connectivity index (χ0v) is 21.6. The Morgan fingerprint density at radius 2 is 1.83 bits per heavy atom. The summed E-state index contributed by atoms with van der Waals surface area (Å²) in [6, 6.07) is 12.3. The third-order valence-electron chi connectivity index (χ3n) is 5.60. The lowest BCUT2D eigenvalue weighted by Crippen LogP contribution is -2.30. The number of nitrogens with one attached hydrogen (secondary N) is 2. The topological polar surface area (TPSA) is 127 Å². The van der Waals surface area contributed by atoms with Gasteiger partial charge in [-0.15, -0.1) is 0 Å². The first-order chi connectivity index (χ1) is 17.1. The maximum absolute atomic E-state index is 12.6. The Morgan fingerprint density at radius 1 is 1.11 bits per heavy atom. The highest BCUT2D eigenvalue weighted by molar-refractivity contribution is 7.89. The van der Waals surface area contributed by atoms with Gasteiger partial charge < -0.3 is 14.5 Å². The fourth-order valence-corrected chi connectivity index (χ4v) is 4.22. The lowest BCUT2D eigenvalue weighted by molar-refractivity contribution is -0.141. The van der Waals surface area contributed by atoms with Crippen LogP contribution < -0.4 is 9.46 Å². The highest BCUT2D eigenvalue weighted by Crippen LogP contribution is 2.27. The molecule has 3 aromatic rings. The lowest BCUT2D eigenvalue weighted by Gasteiger charge is -2.15. The third-order valence-corrected chi connectivity index (χ3v) is 6.15. The molecule has 0 aliphatic heterocycles. The van der Waals surface area contributed by atoms with Crippen molar-refractivity contribution < 1.29 is 27.5 Å². The van der Waals surface area contributed by atoms with Crippen LogP contribution in [0.15, 0.2) is 48.7 Å². The van der Waals surface area contributed by atoms with Crippen LogP contribution in [0.3, 0.4) is 0 Å². The molecular formula is C26H31N3O6S. The van der Waals surface area contributed by atoms with Crippen molar-refractivity contribution in [1.82, 2.24) is 14.7 Å². The zero-order valence-electron chi connectivity index (χ0n) is 20.8. The van der Waals surface area contributed by atoms with E-state index < -0.39 is 27.8 Å². The summed E-state index contributed by atoms with van der Waals surface area (Å²) in [6.07, 6.45) is 4.99. The summed E-state index contributed by atoms with van der Waals surface area (Å²) in [6.45, 7) is 4.05. The minimum atomic E-state index is -3.71. The first-order valence-electron chi connectivity index (χ1n) is 11.6.